The molecule has 0 bridgehead atoms. The molecule has 0 aliphatic rings. The van der Waals surface area contributed by atoms with Gasteiger partial charge in [-0.25, -0.2) is 4.98 Å². The Bertz CT molecular complexity index is 984. The van der Waals surface area contributed by atoms with Crippen LogP contribution in [0.5, 0.6) is 0 Å². The van der Waals surface area contributed by atoms with E-state index in [1.807, 2.05) is 22.7 Å². The number of pyridine rings is 1. The van der Waals surface area contributed by atoms with Crippen molar-refractivity contribution in [3.05, 3.63) is 51.9 Å². The molecular weight excluding hydrogens is 346 g/mol. The van der Waals surface area contributed by atoms with Gasteiger partial charge in [-0.2, -0.15) is 0 Å². The van der Waals surface area contributed by atoms with Crippen LogP contribution >= 0.6 is 27.3 Å². The normalized spacial score (nSPS) is 11.5. The zero-order valence-corrected chi connectivity index (χ0v) is 13.7. The molecule has 0 amide bonds. The molecule has 0 aliphatic carbocycles. The number of imidazole rings is 1. The Labute approximate surface area is 134 Å². The molecule has 0 saturated carbocycles. The Kier molecular flexibility index (Phi) is 2.80. The highest BCUT2D eigenvalue weighted by Crippen LogP contribution is 2.35. The number of thiophene rings is 1. The van der Waals surface area contributed by atoms with Crippen molar-refractivity contribution in [1.29, 1.82) is 0 Å². The van der Waals surface area contributed by atoms with Crippen LogP contribution in [0.4, 0.5) is 5.82 Å². The fourth-order valence-corrected chi connectivity index (χ4v) is 4.17. The molecule has 1 aromatic carbocycles. The standard InChI is InChI=1S/C16H12BrN3S/c1-9-4-2-3-5-10(9)14-15(18)20-7-6-12-11(16(20)19-14)8-13(17)21-12/h2-8H,18H2,1H3. The maximum absolute atomic E-state index is 6.33. The summed E-state index contributed by atoms with van der Waals surface area (Å²) >= 11 is 5.25. The molecule has 0 saturated heterocycles. The largest absolute Gasteiger partial charge is 0.383 e. The fourth-order valence-electron chi connectivity index (χ4n) is 2.64. The number of nitrogen functional groups attached to an aromatic ring is 1. The molecule has 4 rings (SSSR count). The van der Waals surface area contributed by atoms with Crippen molar-refractivity contribution in [2.24, 2.45) is 0 Å². The minimum absolute atomic E-state index is 0.684. The number of halogens is 1. The minimum Gasteiger partial charge on any atom is -0.383 e. The van der Waals surface area contributed by atoms with Crippen molar-refractivity contribution in [3.8, 4) is 11.3 Å². The predicted octanol–water partition coefficient (Wildman–Crippen LogP) is 4.87. The third-order valence-corrected chi connectivity index (χ3v) is 5.30. The fraction of sp³-hybridized carbons (Fsp3) is 0.0625. The van der Waals surface area contributed by atoms with E-state index >= 15 is 0 Å². The SMILES string of the molecule is Cc1ccccc1-c1nc2c3cc(Br)sc3ccn2c1N. The summed E-state index contributed by atoms with van der Waals surface area (Å²) in [6, 6.07) is 12.4. The van der Waals surface area contributed by atoms with Crippen LogP contribution in [0.15, 0.2) is 46.4 Å². The number of benzene rings is 1. The predicted molar refractivity (Wildman–Crippen MR) is 92.9 cm³/mol. The maximum Gasteiger partial charge on any atom is 0.147 e. The molecule has 4 aromatic rings. The van der Waals surface area contributed by atoms with Gasteiger partial charge in [0.15, 0.2) is 0 Å². The van der Waals surface area contributed by atoms with Crippen molar-refractivity contribution < 1.29 is 0 Å². The Morgan fingerprint density at radius 2 is 2.05 bits per heavy atom. The molecule has 0 unspecified atom stereocenters. The number of anilines is 1. The highest BCUT2D eigenvalue weighted by atomic mass is 79.9. The van der Waals surface area contributed by atoms with Crippen molar-refractivity contribution in [2.75, 3.05) is 5.73 Å². The van der Waals surface area contributed by atoms with Crippen molar-refractivity contribution in [2.45, 2.75) is 6.92 Å². The first-order valence-electron chi connectivity index (χ1n) is 6.57. The summed E-state index contributed by atoms with van der Waals surface area (Å²) < 4.78 is 4.27. The number of aryl methyl sites for hydroxylation is 1. The van der Waals surface area contributed by atoms with Gasteiger partial charge in [-0.05, 0) is 40.5 Å². The highest BCUT2D eigenvalue weighted by molar-refractivity contribution is 9.11. The first-order valence-corrected chi connectivity index (χ1v) is 8.17. The van der Waals surface area contributed by atoms with Crippen LogP contribution < -0.4 is 5.73 Å². The molecule has 0 radical (unpaired) electrons. The quantitative estimate of drug-likeness (QED) is 0.528. The molecule has 2 N–H and O–H groups in total. The summed E-state index contributed by atoms with van der Waals surface area (Å²) in [5.41, 5.74) is 10.3. The summed E-state index contributed by atoms with van der Waals surface area (Å²) in [6.07, 6.45) is 1.99. The Hall–Kier alpha value is -1.85. The summed E-state index contributed by atoms with van der Waals surface area (Å²) in [6.45, 7) is 2.08. The lowest BCUT2D eigenvalue weighted by Crippen LogP contribution is -1.94. The summed E-state index contributed by atoms with van der Waals surface area (Å²) in [5, 5.41) is 1.13. The smallest absolute Gasteiger partial charge is 0.147 e. The van der Waals surface area contributed by atoms with E-state index in [1.165, 1.54) is 10.3 Å². The van der Waals surface area contributed by atoms with Gasteiger partial charge in [0.1, 0.15) is 17.2 Å². The molecule has 0 aliphatic heterocycles. The van der Waals surface area contributed by atoms with Gasteiger partial charge in [0.05, 0.1) is 3.79 Å². The molecule has 3 heterocycles. The van der Waals surface area contributed by atoms with Gasteiger partial charge in [0.2, 0.25) is 0 Å². The van der Waals surface area contributed by atoms with Crippen LogP contribution in [0, 0.1) is 6.92 Å². The van der Waals surface area contributed by atoms with Crippen LogP contribution in [0.1, 0.15) is 5.56 Å². The average molecular weight is 358 g/mol. The van der Waals surface area contributed by atoms with Gasteiger partial charge in [0.25, 0.3) is 0 Å². The van der Waals surface area contributed by atoms with E-state index in [0.29, 0.717) is 5.82 Å². The topological polar surface area (TPSA) is 43.3 Å². The van der Waals surface area contributed by atoms with E-state index in [-0.39, 0.29) is 0 Å². The molecule has 3 nitrogen and oxygen atoms in total. The van der Waals surface area contributed by atoms with E-state index in [0.717, 1.165) is 26.1 Å². The third kappa shape index (κ3) is 1.88. The Morgan fingerprint density at radius 1 is 1.24 bits per heavy atom. The molecule has 104 valence electrons. The summed E-state index contributed by atoms with van der Waals surface area (Å²) in [4.78, 5) is 4.81. The number of fused-ring (bicyclic) bond motifs is 3. The first-order chi connectivity index (χ1) is 10.1. The van der Waals surface area contributed by atoms with Gasteiger partial charge in [-0.15, -0.1) is 11.3 Å². The Balaban J connectivity index is 2.10. The first kappa shape index (κ1) is 12.9. The zero-order chi connectivity index (χ0) is 14.6. The number of nitrogens with two attached hydrogens (primary N) is 1. The number of nitrogens with zero attached hydrogens (tertiary/aromatic N) is 2. The summed E-state index contributed by atoms with van der Waals surface area (Å²) in [7, 11) is 0. The second-order valence-corrected chi connectivity index (χ2v) is 7.46. The number of rotatable bonds is 1. The van der Waals surface area contributed by atoms with Crippen molar-refractivity contribution >= 4 is 48.8 Å². The van der Waals surface area contributed by atoms with Crippen molar-refractivity contribution in [3.63, 3.8) is 0 Å². The van der Waals surface area contributed by atoms with Crippen LogP contribution in [-0.4, -0.2) is 9.38 Å². The molecule has 21 heavy (non-hydrogen) atoms. The summed E-state index contributed by atoms with van der Waals surface area (Å²) in [5.74, 6) is 0.684. The number of hydrogen-bond donors (Lipinski definition) is 1. The van der Waals surface area contributed by atoms with E-state index in [2.05, 4.69) is 47.1 Å². The molecular formula is C16H12BrN3S. The van der Waals surface area contributed by atoms with Gasteiger partial charge in [-0.3, -0.25) is 4.40 Å². The molecule has 5 heteroatoms. The van der Waals surface area contributed by atoms with E-state index < -0.39 is 0 Å². The molecule has 0 fully saturated rings. The van der Waals surface area contributed by atoms with E-state index in [9.17, 15) is 0 Å². The lowest BCUT2D eigenvalue weighted by molar-refractivity contribution is 1.21. The number of aromatic nitrogens is 2. The van der Waals surface area contributed by atoms with Crippen LogP contribution in [0.2, 0.25) is 0 Å². The second-order valence-electron chi connectivity index (χ2n) is 5.00. The monoisotopic (exact) mass is 357 g/mol. The van der Waals surface area contributed by atoms with Gasteiger partial charge in [0, 0.05) is 21.8 Å². The van der Waals surface area contributed by atoms with E-state index in [1.54, 1.807) is 11.3 Å². The van der Waals surface area contributed by atoms with Gasteiger partial charge in [-0.1, -0.05) is 24.3 Å². The molecule has 0 atom stereocenters. The second kappa shape index (κ2) is 4.58. The lowest BCUT2D eigenvalue weighted by Gasteiger charge is -2.02. The molecule has 3 aromatic heterocycles. The van der Waals surface area contributed by atoms with E-state index in [4.69, 9.17) is 10.7 Å². The lowest BCUT2D eigenvalue weighted by atomic mass is 10.1. The minimum atomic E-state index is 0.684. The highest BCUT2D eigenvalue weighted by Gasteiger charge is 2.15. The van der Waals surface area contributed by atoms with Crippen LogP contribution in [0.25, 0.3) is 27.0 Å². The third-order valence-electron chi connectivity index (χ3n) is 3.69. The van der Waals surface area contributed by atoms with Gasteiger partial charge < -0.3 is 5.73 Å². The van der Waals surface area contributed by atoms with Crippen LogP contribution in [0.3, 0.4) is 0 Å². The average Bonchev–Trinajstić information content (AvgIpc) is 2.99. The maximum atomic E-state index is 6.33. The zero-order valence-electron chi connectivity index (χ0n) is 11.3. The van der Waals surface area contributed by atoms with Crippen molar-refractivity contribution in [1.82, 2.24) is 9.38 Å². The van der Waals surface area contributed by atoms with Gasteiger partial charge >= 0.3 is 0 Å². The Morgan fingerprint density at radius 3 is 2.86 bits per heavy atom. The van der Waals surface area contributed by atoms with Crippen LogP contribution in [-0.2, 0) is 0 Å². The molecule has 0 spiro atoms. The number of hydrogen-bond acceptors (Lipinski definition) is 3.